The Hall–Kier alpha value is -0.970. The van der Waals surface area contributed by atoms with Crippen molar-refractivity contribution in [3.05, 3.63) is 23.2 Å². The van der Waals surface area contributed by atoms with E-state index in [0.717, 1.165) is 0 Å². The van der Waals surface area contributed by atoms with E-state index in [1.807, 2.05) is 0 Å². The Labute approximate surface area is 86.9 Å². The lowest BCUT2D eigenvalue weighted by Gasteiger charge is -2.10. The molecule has 0 saturated heterocycles. The van der Waals surface area contributed by atoms with Crippen LogP contribution >= 0.6 is 11.6 Å². The number of benzene rings is 1. The van der Waals surface area contributed by atoms with Crippen LogP contribution < -0.4 is 10.5 Å². The van der Waals surface area contributed by atoms with E-state index in [1.165, 1.54) is 12.1 Å². The molecule has 0 unspecified atom stereocenters. The number of ether oxygens (including phenoxy) is 1. The molecule has 0 aromatic heterocycles. The highest BCUT2D eigenvalue weighted by molar-refractivity contribution is 6.32. The van der Waals surface area contributed by atoms with Crippen molar-refractivity contribution in [3.8, 4) is 11.5 Å². The molecule has 0 radical (unpaired) electrons. The molecule has 1 aromatic carbocycles. The topological polar surface area (TPSA) is 75.7 Å². The van der Waals surface area contributed by atoms with E-state index >= 15 is 0 Å². The van der Waals surface area contributed by atoms with Crippen molar-refractivity contribution in [2.75, 3.05) is 13.2 Å². The van der Waals surface area contributed by atoms with Crippen LogP contribution in [0.2, 0.25) is 5.02 Å². The van der Waals surface area contributed by atoms with E-state index < -0.39 is 6.10 Å². The standard InChI is InChI=1S/C9H12ClNO3/c10-8-3-7(1-2-9(8)13)14-5-6(12)4-11/h1-3,6,12-13H,4-5,11H2/t6-/m0/s1. The van der Waals surface area contributed by atoms with E-state index in [1.54, 1.807) is 6.07 Å². The Kier molecular flexibility index (Phi) is 4.00. The molecule has 5 heteroatoms. The first-order valence-electron chi connectivity index (χ1n) is 4.13. The third-order valence-corrected chi connectivity index (χ3v) is 1.94. The van der Waals surface area contributed by atoms with Gasteiger partial charge in [0.05, 0.1) is 5.02 Å². The molecular weight excluding hydrogens is 206 g/mol. The Morgan fingerprint density at radius 3 is 2.79 bits per heavy atom. The minimum Gasteiger partial charge on any atom is -0.506 e. The van der Waals surface area contributed by atoms with Crippen LogP contribution in [-0.2, 0) is 0 Å². The predicted molar refractivity (Wildman–Crippen MR) is 53.7 cm³/mol. The number of halogens is 1. The summed E-state index contributed by atoms with van der Waals surface area (Å²) in [6.45, 7) is 0.253. The van der Waals surface area contributed by atoms with Crippen LogP contribution in [0.25, 0.3) is 0 Å². The van der Waals surface area contributed by atoms with Crippen LogP contribution in [0.5, 0.6) is 11.5 Å². The summed E-state index contributed by atoms with van der Waals surface area (Å²) in [6.07, 6.45) is -0.692. The predicted octanol–water partition coefficient (Wildman–Crippen LogP) is 0.744. The summed E-state index contributed by atoms with van der Waals surface area (Å²) in [5, 5.41) is 18.4. The van der Waals surface area contributed by atoms with Gasteiger partial charge in [-0.25, -0.2) is 0 Å². The molecule has 1 aromatic rings. The number of rotatable bonds is 4. The van der Waals surface area contributed by atoms with E-state index in [2.05, 4.69) is 0 Å². The van der Waals surface area contributed by atoms with Crippen LogP contribution in [0, 0.1) is 0 Å². The molecule has 14 heavy (non-hydrogen) atoms. The number of phenolic OH excluding ortho intramolecular Hbond substituents is 1. The number of hydrogen-bond acceptors (Lipinski definition) is 4. The van der Waals surface area contributed by atoms with Gasteiger partial charge >= 0.3 is 0 Å². The highest BCUT2D eigenvalue weighted by Crippen LogP contribution is 2.27. The fraction of sp³-hybridized carbons (Fsp3) is 0.333. The van der Waals surface area contributed by atoms with Crippen molar-refractivity contribution in [2.45, 2.75) is 6.10 Å². The lowest BCUT2D eigenvalue weighted by atomic mass is 10.3. The largest absolute Gasteiger partial charge is 0.506 e. The van der Waals surface area contributed by atoms with Gasteiger partial charge in [-0.05, 0) is 12.1 Å². The van der Waals surface area contributed by atoms with Gasteiger partial charge in [-0.3, -0.25) is 0 Å². The zero-order valence-corrected chi connectivity index (χ0v) is 8.24. The Bertz CT molecular complexity index is 306. The van der Waals surface area contributed by atoms with Crippen molar-refractivity contribution < 1.29 is 14.9 Å². The summed E-state index contributed by atoms with van der Waals surface area (Å²) < 4.78 is 5.17. The number of nitrogens with two attached hydrogens (primary N) is 1. The summed E-state index contributed by atoms with van der Waals surface area (Å²) in [7, 11) is 0. The fourth-order valence-corrected chi connectivity index (χ4v) is 1.01. The van der Waals surface area contributed by atoms with Crippen molar-refractivity contribution in [1.29, 1.82) is 0 Å². The van der Waals surface area contributed by atoms with Gasteiger partial charge in [-0.2, -0.15) is 0 Å². The van der Waals surface area contributed by atoms with E-state index in [-0.39, 0.29) is 23.9 Å². The Morgan fingerprint density at radius 1 is 1.50 bits per heavy atom. The van der Waals surface area contributed by atoms with Gasteiger partial charge in [0.25, 0.3) is 0 Å². The lowest BCUT2D eigenvalue weighted by Crippen LogP contribution is -2.26. The smallest absolute Gasteiger partial charge is 0.134 e. The molecule has 4 N–H and O–H groups in total. The monoisotopic (exact) mass is 217 g/mol. The van der Waals surface area contributed by atoms with Crippen molar-refractivity contribution in [2.24, 2.45) is 5.73 Å². The molecule has 0 spiro atoms. The van der Waals surface area contributed by atoms with Crippen LogP contribution in [0.3, 0.4) is 0 Å². The van der Waals surface area contributed by atoms with Crippen molar-refractivity contribution in [1.82, 2.24) is 0 Å². The third-order valence-electron chi connectivity index (χ3n) is 1.63. The van der Waals surface area contributed by atoms with Gasteiger partial charge in [0.1, 0.15) is 24.2 Å². The maximum absolute atomic E-state index is 9.11. The minimum atomic E-state index is -0.692. The minimum absolute atomic E-state index is 0.00149. The molecule has 78 valence electrons. The number of aromatic hydroxyl groups is 1. The SMILES string of the molecule is NC[C@H](O)COc1ccc(O)c(Cl)c1. The highest BCUT2D eigenvalue weighted by atomic mass is 35.5. The van der Waals surface area contributed by atoms with Crippen LogP contribution in [0.4, 0.5) is 0 Å². The van der Waals surface area contributed by atoms with E-state index in [4.69, 9.17) is 32.3 Å². The molecule has 0 amide bonds. The van der Waals surface area contributed by atoms with E-state index in [0.29, 0.717) is 5.75 Å². The Morgan fingerprint density at radius 2 is 2.21 bits per heavy atom. The summed E-state index contributed by atoms with van der Waals surface area (Å²) >= 11 is 5.65. The van der Waals surface area contributed by atoms with Gasteiger partial charge in [0.15, 0.2) is 0 Å². The number of aliphatic hydroxyl groups excluding tert-OH is 1. The van der Waals surface area contributed by atoms with Crippen LogP contribution in [-0.4, -0.2) is 29.5 Å². The highest BCUT2D eigenvalue weighted by Gasteiger charge is 2.04. The van der Waals surface area contributed by atoms with Crippen molar-refractivity contribution >= 4 is 11.6 Å². The second-order valence-corrected chi connectivity index (χ2v) is 3.22. The van der Waals surface area contributed by atoms with Crippen molar-refractivity contribution in [3.63, 3.8) is 0 Å². The maximum Gasteiger partial charge on any atom is 0.134 e. The van der Waals surface area contributed by atoms with Gasteiger partial charge in [-0.15, -0.1) is 0 Å². The van der Waals surface area contributed by atoms with E-state index in [9.17, 15) is 0 Å². The summed E-state index contributed by atoms with van der Waals surface area (Å²) in [4.78, 5) is 0. The second-order valence-electron chi connectivity index (χ2n) is 2.81. The molecular formula is C9H12ClNO3. The molecule has 0 bridgehead atoms. The first kappa shape index (κ1) is 11.1. The van der Waals surface area contributed by atoms with Gasteiger partial charge in [-0.1, -0.05) is 11.6 Å². The molecule has 0 aliphatic heterocycles. The number of aliphatic hydroxyl groups is 1. The van der Waals surface area contributed by atoms with Gasteiger partial charge in [0.2, 0.25) is 0 Å². The molecule has 0 aliphatic rings. The molecule has 4 nitrogen and oxygen atoms in total. The summed E-state index contributed by atoms with van der Waals surface area (Å²) in [5.74, 6) is 0.485. The molecule has 1 rings (SSSR count). The molecule has 1 atom stereocenters. The normalized spacial score (nSPS) is 12.5. The Balaban J connectivity index is 2.55. The summed E-state index contributed by atoms with van der Waals surface area (Å²) in [5.41, 5.74) is 5.19. The molecule has 0 aliphatic carbocycles. The number of hydrogen-bond donors (Lipinski definition) is 3. The molecule has 0 saturated carbocycles. The first-order valence-corrected chi connectivity index (χ1v) is 4.50. The molecule has 0 heterocycles. The number of phenols is 1. The third kappa shape index (κ3) is 3.06. The second kappa shape index (κ2) is 5.05. The first-order chi connectivity index (χ1) is 6.63. The average molecular weight is 218 g/mol. The maximum atomic E-state index is 9.11. The zero-order chi connectivity index (χ0) is 10.6. The van der Waals surface area contributed by atoms with Crippen LogP contribution in [0.15, 0.2) is 18.2 Å². The van der Waals surface area contributed by atoms with Crippen LogP contribution in [0.1, 0.15) is 0 Å². The fourth-order valence-electron chi connectivity index (χ4n) is 0.838. The molecule has 0 fully saturated rings. The zero-order valence-electron chi connectivity index (χ0n) is 7.48. The quantitative estimate of drug-likeness (QED) is 0.696. The van der Waals surface area contributed by atoms with Gasteiger partial charge < -0.3 is 20.7 Å². The summed E-state index contributed by atoms with van der Waals surface area (Å²) in [6, 6.07) is 4.46. The average Bonchev–Trinajstić information content (AvgIpc) is 2.19. The van der Waals surface area contributed by atoms with Gasteiger partial charge in [0, 0.05) is 12.6 Å². The lowest BCUT2D eigenvalue weighted by molar-refractivity contribution is 0.114.